The van der Waals surface area contributed by atoms with E-state index in [1.165, 1.54) is 6.20 Å². The molecule has 8 nitrogen and oxygen atoms in total. The fourth-order valence-electron chi connectivity index (χ4n) is 1.16. The third-order valence-electron chi connectivity index (χ3n) is 1.89. The van der Waals surface area contributed by atoms with Crippen LogP contribution >= 0.6 is 0 Å². The lowest BCUT2D eigenvalue weighted by Crippen LogP contribution is -2.29. The van der Waals surface area contributed by atoms with Gasteiger partial charge in [-0.05, 0) is 0 Å². The molecule has 0 atom stereocenters. The second kappa shape index (κ2) is 6.26. The maximum Gasteiger partial charge on any atom is 0.356 e. The lowest BCUT2D eigenvalue weighted by Gasteiger charge is -2.06. The van der Waals surface area contributed by atoms with E-state index in [-0.39, 0.29) is 23.8 Å². The highest BCUT2D eigenvalue weighted by Crippen LogP contribution is 2.01. The van der Waals surface area contributed by atoms with Crippen LogP contribution in [0.4, 0.5) is 5.82 Å². The molecule has 0 fully saturated rings. The van der Waals surface area contributed by atoms with Gasteiger partial charge in [-0.1, -0.05) is 6.92 Å². The summed E-state index contributed by atoms with van der Waals surface area (Å²) in [5.74, 6) is -1.09. The van der Waals surface area contributed by atoms with E-state index in [1.54, 1.807) is 6.92 Å². The van der Waals surface area contributed by atoms with Crippen LogP contribution in [0.1, 0.15) is 17.4 Å². The molecule has 0 radical (unpaired) electrons. The van der Waals surface area contributed by atoms with Crippen LogP contribution in [-0.2, 0) is 10.0 Å². The molecule has 0 saturated carbocycles. The molecule has 1 aromatic heterocycles. The highest BCUT2D eigenvalue weighted by Gasteiger charge is 2.09. The molecule has 1 heterocycles. The number of nitrogens with one attached hydrogen (secondary N) is 2. The molecule has 0 aliphatic rings. The topological polar surface area (TPSA) is 121 Å². The molecule has 0 aliphatic carbocycles. The Hall–Kier alpha value is -1.74. The van der Waals surface area contributed by atoms with Crippen molar-refractivity contribution in [1.82, 2.24) is 14.7 Å². The smallest absolute Gasteiger partial charge is 0.356 e. The van der Waals surface area contributed by atoms with Gasteiger partial charge in [0, 0.05) is 13.1 Å². The van der Waals surface area contributed by atoms with Crippen LogP contribution in [-0.4, -0.2) is 48.3 Å². The number of carboxylic acid groups (broad SMARTS) is 1. The van der Waals surface area contributed by atoms with Crippen molar-refractivity contribution >= 4 is 21.8 Å². The van der Waals surface area contributed by atoms with Gasteiger partial charge in [-0.25, -0.2) is 22.9 Å². The van der Waals surface area contributed by atoms with Gasteiger partial charge in [0.15, 0.2) is 5.69 Å². The van der Waals surface area contributed by atoms with Crippen molar-refractivity contribution in [2.24, 2.45) is 0 Å². The second-order valence-corrected chi connectivity index (χ2v) is 5.26. The summed E-state index contributed by atoms with van der Waals surface area (Å²) in [6.07, 6.45) is 2.44. The first-order valence-electron chi connectivity index (χ1n) is 5.21. The largest absolute Gasteiger partial charge is 0.476 e. The second-order valence-electron chi connectivity index (χ2n) is 3.34. The molecule has 0 aromatic carbocycles. The number of aromatic nitrogens is 2. The Balaban J connectivity index is 2.54. The van der Waals surface area contributed by atoms with Gasteiger partial charge in [0.25, 0.3) is 0 Å². The standard InChI is InChI=1S/C9H14N4O4S/c1-2-12-18(16,17)4-3-11-8-6-10-5-7(13-8)9(14)15/h5-6,12H,2-4H2,1H3,(H,11,13)(H,14,15). The summed E-state index contributed by atoms with van der Waals surface area (Å²) >= 11 is 0. The van der Waals surface area contributed by atoms with Crippen molar-refractivity contribution in [2.75, 3.05) is 24.2 Å². The Labute approximate surface area is 105 Å². The number of rotatable bonds is 7. The quantitative estimate of drug-likeness (QED) is 0.614. The normalized spacial score (nSPS) is 11.2. The summed E-state index contributed by atoms with van der Waals surface area (Å²) in [4.78, 5) is 18.1. The fourth-order valence-corrected chi connectivity index (χ4v) is 2.11. The zero-order chi connectivity index (χ0) is 13.6. The van der Waals surface area contributed by atoms with Crippen molar-refractivity contribution < 1.29 is 18.3 Å². The average Bonchev–Trinajstić information content (AvgIpc) is 2.29. The Bertz CT molecular complexity index is 517. The molecule has 0 saturated heterocycles. The van der Waals surface area contributed by atoms with Gasteiger partial charge in [0.05, 0.1) is 18.1 Å². The predicted molar refractivity (Wildman–Crippen MR) is 64.9 cm³/mol. The van der Waals surface area contributed by atoms with Crippen LogP contribution in [0.5, 0.6) is 0 Å². The first kappa shape index (κ1) is 14.3. The van der Waals surface area contributed by atoms with E-state index in [2.05, 4.69) is 20.0 Å². The number of hydrogen-bond acceptors (Lipinski definition) is 6. The molecule has 9 heteroatoms. The number of hydrogen-bond donors (Lipinski definition) is 3. The maximum absolute atomic E-state index is 11.3. The summed E-state index contributed by atoms with van der Waals surface area (Å²) in [5.41, 5.74) is -0.199. The minimum atomic E-state index is -3.31. The Morgan fingerprint density at radius 2 is 2.17 bits per heavy atom. The minimum Gasteiger partial charge on any atom is -0.476 e. The molecule has 0 aliphatic heterocycles. The van der Waals surface area contributed by atoms with Crippen LogP contribution in [0.25, 0.3) is 0 Å². The Kier molecular flexibility index (Phi) is 4.98. The van der Waals surface area contributed by atoms with Gasteiger partial charge >= 0.3 is 5.97 Å². The molecule has 3 N–H and O–H groups in total. The Morgan fingerprint density at radius 3 is 2.78 bits per heavy atom. The van der Waals surface area contributed by atoms with Gasteiger partial charge in [0.1, 0.15) is 5.82 Å². The van der Waals surface area contributed by atoms with Gasteiger partial charge in [0.2, 0.25) is 10.0 Å². The summed E-state index contributed by atoms with van der Waals surface area (Å²) in [7, 11) is -3.31. The van der Waals surface area contributed by atoms with Crippen LogP contribution in [0.15, 0.2) is 12.4 Å². The fraction of sp³-hybridized carbons (Fsp3) is 0.444. The first-order valence-corrected chi connectivity index (χ1v) is 6.86. The van der Waals surface area contributed by atoms with Crippen molar-refractivity contribution in [3.05, 3.63) is 18.1 Å². The number of nitrogens with zero attached hydrogens (tertiary/aromatic N) is 2. The zero-order valence-electron chi connectivity index (χ0n) is 9.75. The van der Waals surface area contributed by atoms with E-state index in [9.17, 15) is 13.2 Å². The third kappa shape index (κ3) is 4.63. The molecule has 1 rings (SSSR count). The number of sulfonamides is 1. The summed E-state index contributed by atoms with van der Waals surface area (Å²) in [5, 5.41) is 11.4. The summed E-state index contributed by atoms with van der Waals surface area (Å²) < 4.78 is 25.0. The molecule has 18 heavy (non-hydrogen) atoms. The van der Waals surface area contributed by atoms with Crippen LogP contribution < -0.4 is 10.0 Å². The molecular weight excluding hydrogens is 260 g/mol. The predicted octanol–water partition coefficient (Wildman–Crippen LogP) is -0.474. The summed E-state index contributed by atoms with van der Waals surface area (Å²) in [6.45, 7) is 2.14. The van der Waals surface area contributed by atoms with Crippen molar-refractivity contribution in [3.8, 4) is 0 Å². The number of anilines is 1. The monoisotopic (exact) mass is 274 g/mol. The maximum atomic E-state index is 11.3. The highest BCUT2D eigenvalue weighted by molar-refractivity contribution is 7.89. The molecule has 0 unspecified atom stereocenters. The van der Waals surface area contributed by atoms with Crippen molar-refractivity contribution in [1.29, 1.82) is 0 Å². The van der Waals surface area contributed by atoms with Crippen molar-refractivity contribution in [3.63, 3.8) is 0 Å². The summed E-state index contributed by atoms with van der Waals surface area (Å²) in [6, 6.07) is 0. The SMILES string of the molecule is CCNS(=O)(=O)CCNc1cncc(C(=O)O)n1. The van der Waals surface area contributed by atoms with Gasteiger partial charge in [-0.2, -0.15) is 0 Å². The number of carboxylic acids is 1. The van der Waals surface area contributed by atoms with Crippen LogP contribution in [0, 0.1) is 0 Å². The highest BCUT2D eigenvalue weighted by atomic mass is 32.2. The van der Waals surface area contributed by atoms with Gasteiger partial charge < -0.3 is 10.4 Å². The Morgan fingerprint density at radius 1 is 1.44 bits per heavy atom. The molecule has 1 aromatic rings. The molecule has 0 amide bonds. The first-order chi connectivity index (χ1) is 8.44. The van der Waals surface area contributed by atoms with Gasteiger partial charge in [-0.3, -0.25) is 4.98 Å². The van der Waals surface area contributed by atoms with Gasteiger partial charge in [-0.15, -0.1) is 0 Å². The van der Waals surface area contributed by atoms with E-state index in [0.717, 1.165) is 6.20 Å². The minimum absolute atomic E-state index is 0.118. The van der Waals surface area contributed by atoms with E-state index < -0.39 is 16.0 Å². The van der Waals surface area contributed by atoms with E-state index in [0.29, 0.717) is 6.54 Å². The molecule has 0 bridgehead atoms. The molecule has 100 valence electrons. The average molecular weight is 274 g/mol. The van der Waals surface area contributed by atoms with E-state index in [4.69, 9.17) is 5.11 Å². The van der Waals surface area contributed by atoms with Crippen LogP contribution in [0.3, 0.4) is 0 Å². The van der Waals surface area contributed by atoms with E-state index in [1.807, 2.05) is 0 Å². The van der Waals surface area contributed by atoms with E-state index >= 15 is 0 Å². The molecular formula is C9H14N4O4S. The molecule has 0 spiro atoms. The lowest BCUT2D eigenvalue weighted by atomic mass is 10.4. The van der Waals surface area contributed by atoms with Crippen molar-refractivity contribution in [2.45, 2.75) is 6.92 Å². The third-order valence-corrected chi connectivity index (χ3v) is 3.36. The number of carbonyl (C=O) groups is 1. The zero-order valence-corrected chi connectivity index (χ0v) is 10.6. The lowest BCUT2D eigenvalue weighted by molar-refractivity contribution is 0.0690. The number of aromatic carboxylic acids is 1. The van der Waals surface area contributed by atoms with Crippen LogP contribution in [0.2, 0.25) is 0 Å².